The van der Waals surface area contributed by atoms with Crippen LogP contribution in [0.1, 0.15) is 22.8 Å². The van der Waals surface area contributed by atoms with E-state index in [1.165, 1.54) is 5.56 Å². The van der Waals surface area contributed by atoms with Crippen LogP contribution < -0.4 is 4.74 Å². The zero-order valence-corrected chi connectivity index (χ0v) is 9.72. The molecular weight excluding hydrogens is 212 g/mol. The number of hydrogen-bond acceptors (Lipinski definition) is 2. The summed E-state index contributed by atoms with van der Waals surface area (Å²) in [6.07, 6.45) is 0. The van der Waals surface area contributed by atoms with Crippen LogP contribution in [-0.4, -0.2) is 5.78 Å². The molecule has 2 heterocycles. The van der Waals surface area contributed by atoms with Crippen LogP contribution in [0, 0.1) is 0 Å². The minimum absolute atomic E-state index is 0.121. The van der Waals surface area contributed by atoms with Crippen molar-refractivity contribution in [2.45, 2.75) is 13.5 Å². The number of benzene rings is 2. The van der Waals surface area contributed by atoms with Crippen LogP contribution in [0.5, 0.6) is 5.75 Å². The number of rotatable bonds is 1. The van der Waals surface area contributed by atoms with Crippen LogP contribution in [0.25, 0.3) is 0 Å². The van der Waals surface area contributed by atoms with E-state index >= 15 is 0 Å². The van der Waals surface area contributed by atoms with Crippen molar-refractivity contribution in [3.63, 3.8) is 0 Å². The molecule has 0 saturated carbocycles. The fourth-order valence-corrected chi connectivity index (χ4v) is 1.52. The number of Topliss-reactive ketones (excluding diaryl/α,β-unsaturated/α-hetero) is 1. The van der Waals surface area contributed by atoms with Gasteiger partial charge in [-0.2, -0.15) is 0 Å². The lowest BCUT2D eigenvalue weighted by atomic mass is 10.2. The molecule has 2 aromatic rings. The maximum absolute atomic E-state index is 10.6. The van der Waals surface area contributed by atoms with Gasteiger partial charge >= 0.3 is 0 Å². The minimum atomic E-state index is 0.121. The van der Waals surface area contributed by atoms with Gasteiger partial charge in [-0.05, 0) is 24.6 Å². The Labute approximate surface area is 101 Å². The second-order valence-electron chi connectivity index (χ2n) is 3.85. The maximum atomic E-state index is 10.6. The summed E-state index contributed by atoms with van der Waals surface area (Å²) < 4.78 is 5.18. The largest absolute Gasteiger partial charge is 0.489 e. The molecule has 0 aromatic heterocycles. The third-order valence-electron chi connectivity index (χ3n) is 2.51. The van der Waals surface area contributed by atoms with Crippen LogP contribution >= 0.6 is 0 Å². The lowest BCUT2D eigenvalue weighted by Gasteiger charge is -2.11. The fourth-order valence-electron chi connectivity index (χ4n) is 1.52. The molecular formula is C15H14O2. The highest BCUT2D eigenvalue weighted by atomic mass is 16.5. The van der Waals surface area contributed by atoms with Crippen molar-refractivity contribution in [2.24, 2.45) is 0 Å². The average molecular weight is 226 g/mol. The predicted molar refractivity (Wildman–Crippen MR) is 67.2 cm³/mol. The van der Waals surface area contributed by atoms with Crippen LogP contribution in [-0.2, 0) is 6.61 Å². The second kappa shape index (κ2) is 5.30. The van der Waals surface area contributed by atoms with Gasteiger partial charge in [0.1, 0.15) is 12.4 Å². The van der Waals surface area contributed by atoms with E-state index in [0.717, 1.165) is 17.9 Å². The minimum Gasteiger partial charge on any atom is -0.489 e. The normalized spacial score (nSPS) is 11.1. The molecule has 0 fully saturated rings. The highest BCUT2D eigenvalue weighted by Gasteiger charge is 2.01. The van der Waals surface area contributed by atoms with Gasteiger partial charge in [0.15, 0.2) is 5.78 Å². The average Bonchev–Trinajstić information content (AvgIpc) is 2.43. The van der Waals surface area contributed by atoms with Gasteiger partial charge in [0.25, 0.3) is 0 Å². The van der Waals surface area contributed by atoms with Gasteiger partial charge in [-0.1, -0.05) is 42.5 Å². The smallest absolute Gasteiger partial charge is 0.159 e. The maximum Gasteiger partial charge on any atom is 0.159 e. The number of ketones is 1. The molecule has 0 spiro atoms. The van der Waals surface area contributed by atoms with Gasteiger partial charge in [0, 0.05) is 5.56 Å². The summed E-state index contributed by atoms with van der Waals surface area (Å²) >= 11 is 0. The summed E-state index contributed by atoms with van der Waals surface area (Å²) in [5.74, 6) is 1.11. The molecule has 0 N–H and O–H groups in total. The van der Waals surface area contributed by atoms with E-state index < -0.39 is 0 Å². The van der Waals surface area contributed by atoms with E-state index in [4.69, 9.17) is 4.74 Å². The number of ether oxygens (including phenoxy) is 1. The summed E-state index contributed by atoms with van der Waals surface area (Å²) in [5, 5.41) is 0. The zero-order chi connectivity index (χ0) is 12.1. The van der Waals surface area contributed by atoms with E-state index in [1.54, 1.807) is 6.92 Å². The van der Waals surface area contributed by atoms with Crippen molar-refractivity contribution < 1.29 is 9.53 Å². The topological polar surface area (TPSA) is 26.3 Å². The zero-order valence-electron chi connectivity index (χ0n) is 9.72. The molecule has 0 atom stereocenters. The van der Waals surface area contributed by atoms with E-state index in [2.05, 4.69) is 12.1 Å². The molecule has 86 valence electrons. The Balaban J connectivity index is 0.000000127. The molecule has 4 rings (SSSR count). The molecule has 0 aliphatic carbocycles. The Morgan fingerprint density at radius 3 is 1.88 bits per heavy atom. The third-order valence-corrected chi connectivity index (χ3v) is 2.51. The molecule has 2 aliphatic rings. The number of fused-ring (bicyclic) bond motifs is 3. The molecule has 2 aliphatic heterocycles. The first-order valence-electron chi connectivity index (χ1n) is 5.53. The summed E-state index contributed by atoms with van der Waals surface area (Å²) in [6.45, 7) is 2.33. The van der Waals surface area contributed by atoms with Gasteiger partial charge in [0.05, 0.1) is 0 Å². The third kappa shape index (κ3) is 3.18. The molecule has 17 heavy (non-hydrogen) atoms. The number of hydrogen-bond donors (Lipinski definition) is 0. The van der Waals surface area contributed by atoms with Gasteiger partial charge < -0.3 is 4.74 Å². The first-order chi connectivity index (χ1) is 8.25. The lowest BCUT2D eigenvalue weighted by molar-refractivity contribution is 0.101. The van der Waals surface area contributed by atoms with Crippen molar-refractivity contribution in [3.8, 4) is 5.75 Å². The molecule has 0 saturated heterocycles. The van der Waals surface area contributed by atoms with Gasteiger partial charge in [0.2, 0.25) is 0 Å². The molecule has 0 amide bonds. The Kier molecular flexibility index (Phi) is 3.55. The Hall–Kier alpha value is -2.09. The summed E-state index contributed by atoms with van der Waals surface area (Å²) in [4.78, 5) is 10.6. The van der Waals surface area contributed by atoms with Crippen LogP contribution in [0.15, 0.2) is 54.6 Å². The van der Waals surface area contributed by atoms with Crippen molar-refractivity contribution >= 4 is 5.78 Å². The Bertz CT molecular complexity index is 463. The highest BCUT2D eigenvalue weighted by molar-refractivity contribution is 5.93. The van der Waals surface area contributed by atoms with Crippen LogP contribution in [0.3, 0.4) is 0 Å². The van der Waals surface area contributed by atoms with Crippen molar-refractivity contribution in [3.05, 3.63) is 65.7 Å². The van der Waals surface area contributed by atoms with Crippen LogP contribution in [0.2, 0.25) is 0 Å². The number of carbonyl (C=O) groups is 1. The van der Waals surface area contributed by atoms with Gasteiger partial charge in [-0.15, -0.1) is 0 Å². The highest BCUT2D eigenvalue weighted by Crippen LogP contribution is 2.19. The first kappa shape index (κ1) is 11.4. The molecule has 2 heteroatoms. The first-order valence-corrected chi connectivity index (χ1v) is 5.53. The van der Waals surface area contributed by atoms with E-state index in [-0.39, 0.29) is 5.78 Å². The molecule has 2 bridgehead atoms. The molecule has 0 radical (unpaired) electrons. The standard InChI is InChI=1S/C8H8O.C7H6O/c1-7(9)8-5-3-2-4-6-8;1-3-7-4-2-6(1)5-8-7/h2-6H,1H3;1-4H,5H2. The van der Waals surface area contributed by atoms with E-state index in [1.807, 2.05) is 42.5 Å². The molecule has 0 unspecified atom stereocenters. The van der Waals surface area contributed by atoms with Crippen molar-refractivity contribution in [2.75, 3.05) is 0 Å². The van der Waals surface area contributed by atoms with Crippen LogP contribution in [0.4, 0.5) is 0 Å². The lowest BCUT2D eigenvalue weighted by Crippen LogP contribution is -2.00. The Morgan fingerprint density at radius 1 is 1.00 bits per heavy atom. The van der Waals surface area contributed by atoms with Gasteiger partial charge in [-0.3, -0.25) is 4.79 Å². The molecule has 2 nitrogen and oxygen atoms in total. The van der Waals surface area contributed by atoms with Crippen molar-refractivity contribution in [1.29, 1.82) is 0 Å². The summed E-state index contributed by atoms with van der Waals surface area (Å²) in [6, 6.07) is 17.4. The summed E-state index contributed by atoms with van der Waals surface area (Å²) in [5.41, 5.74) is 2.04. The second-order valence-corrected chi connectivity index (χ2v) is 3.85. The number of carbonyl (C=O) groups excluding carboxylic acids is 1. The van der Waals surface area contributed by atoms with Crippen molar-refractivity contribution in [1.82, 2.24) is 0 Å². The summed E-state index contributed by atoms with van der Waals surface area (Å²) in [7, 11) is 0. The quantitative estimate of drug-likeness (QED) is 0.696. The monoisotopic (exact) mass is 226 g/mol. The van der Waals surface area contributed by atoms with Gasteiger partial charge in [-0.25, -0.2) is 0 Å². The SMILES string of the molecule is CC(=O)c1ccccc1.c1cc2ccc1CO2. The Morgan fingerprint density at radius 2 is 1.65 bits per heavy atom. The molecule has 2 aromatic carbocycles. The predicted octanol–water partition coefficient (Wildman–Crippen LogP) is 3.47. The van der Waals surface area contributed by atoms with E-state index in [0.29, 0.717) is 0 Å². The fraction of sp³-hybridized carbons (Fsp3) is 0.133. The van der Waals surface area contributed by atoms with E-state index in [9.17, 15) is 4.79 Å².